The number of hydrogen-bond acceptors (Lipinski definition) is 2. The Labute approximate surface area is 127 Å². The van der Waals surface area contributed by atoms with Crippen LogP contribution in [-0.4, -0.2) is 11.7 Å². The van der Waals surface area contributed by atoms with E-state index in [1.165, 1.54) is 38.2 Å². The van der Waals surface area contributed by atoms with Gasteiger partial charge in [0.1, 0.15) is 5.82 Å². The van der Waals surface area contributed by atoms with E-state index >= 15 is 0 Å². The summed E-state index contributed by atoms with van der Waals surface area (Å²) in [5.41, 5.74) is 7.52. The molecule has 3 N–H and O–H groups in total. The van der Waals surface area contributed by atoms with Crippen LogP contribution in [0.15, 0.2) is 18.2 Å². The Bertz CT molecular complexity index is 455. The number of hydrogen-bond donors (Lipinski definition) is 2. The van der Waals surface area contributed by atoms with Crippen LogP contribution in [0, 0.1) is 11.2 Å². The third-order valence-electron chi connectivity index (χ3n) is 4.88. The van der Waals surface area contributed by atoms with Gasteiger partial charge in [-0.2, -0.15) is 0 Å². The standard InChI is InChI=1S/C18H28FNO/c1-18(7-3-2-4-8-18)9-5-14-11-15(13-16(19)12-14)17(21)6-10-20/h11-13,17,21H,2-10,20H2,1H3. The number of aliphatic hydroxyl groups excluding tert-OH is 1. The summed E-state index contributed by atoms with van der Waals surface area (Å²) >= 11 is 0. The Hall–Kier alpha value is -0.930. The molecule has 1 saturated carbocycles. The monoisotopic (exact) mass is 293 g/mol. The first-order valence-electron chi connectivity index (χ1n) is 8.20. The minimum atomic E-state index is -0.658. The smallest absolute Gasteiger partial charge is 0.123 e. The van der Waals surface area contributed by atoms with Crippen molar-refractivity contribution in [3.05, 3.63) is 35.1 Å². The third-order valence-corrected chi connectivity index (χ3v) is 4.88. The summed E-state index contributed by atoms with van der Waals surface area (Å²) in [6.07, 6.45) is 8.36. The molecule has 0 amide bonds. The largest absolute Gasteiger partial charge is 0.388 e. The zero-order chi connectivity index (χ0) is 15.3. The van der Waals surface area contributed by atoms with Crippen LogP contribution in [-0.2, 0) is 6.42 Å². The molecule has 2 rings (SSSR count). The van der Waals surface area contributed by atoms with Gasteiger partial charge in [-0.25, -0.2) is 4.39 Å². The summed E-state index contributed by atoms with van der Waals surface area (Å²) in [5, 5.41) is 9.99. The van der Waals surface area contributed by atoms with Crippen molar-refractivity contribution in [3.63, 3.8) is 0 Å². The molecule has 0 saturated heterocycles. The molecule has 3 heteroatoms. The van der Waals surface area contributed by atoms with Gasteiger partial charge in [-0.05, 0) is 67.3 Å². The Kier molecular flexibility index (Phi) is 5.77. The van der Waals surface area contributed by atoms with Gasteiger partial charge in [0.05, 0.1) is 6.10 Å². The van der Waals surface area contributed by atoms with Crippen LogP contribution in [0.2, 0.25) is 0 Å². The average molecular weight is 293 g/mol. The topological polar surface area (TPSA) is 46.2 Å². The van der Waals surface area contributed by atoms with Crippen molar-refractivity contribution in [2.24, 2.45) is 11.1 Å². The van der Waals surface area contributed by atoms with Crippen LogP contribution in [0.5, 0.6) is 0 Å². The maximum absolute atomic E-state index is 13.7. The van der Waals surface area contributed by atoms with Gasteiger partial charge in [-0.1, -0.05) is 32.3 Å². The molecule has 0 aromatic heterocycles. The van der Waals surface area contributed by atoms with Gasteiger partial charge in [-0.15, -0.1) is 0 Å². The predicted molar refractivity (Wildman–Crippen MR) is 84.5 cm³/mol. The molecule has 0 heterocycles. The molecule has 0 aliphatic heterocycles. The van der Waals surface area contributed by atoms with E-state index in [1.807, 2.05) is 6.07 Å². The molecular weight excluding hydrogens is 265 g/mol. The fourth-order valence-corrected chi connectivity index (χ4v) is 3.44. The van der Waals surface area contributed by atoms with E-state index in [-0.39, 0.29) is 5.82 Å². The maximum Gasteiger partial charge on any atom is 0.123 e. The Morgan fingerprint density at radius 3 is 2.62 bits per heavy atom. The summed E-state index contributed by atoms with van der Waals surface area (Å²) in [4.78, 5) is 0. The number of halogens is 1. The first kappa shape index (κ1) is 16.4. The molecule has 1 aliphatic rings. The van der Waals surface area contributed by atoms with Crippen LogP contribution < -0.4 is 5.73 Å². The van der Waals surface area contributed by atoms with Gasteiger partial charge in [0.25, 0.3) is 0 Å². The maximum atomic E-state index is 13.7. The number of nitrogens with two attached hydrogens (primary N) is 1. The molecule has 1 fully saturated rings. The minimum absolute atomic E-state index is 0.257. The Morgan fingerprint density at radius 1 is 1.24 bits per heavy atom. The van der Waals surface area contributed by atoms with Crippen molar-refractivity contribution >= 4 is 0 Å². The highest BCUT2D eigenvalue weighted by atomic mass is 19.1. The fraction of sp³-hybridized carbons (Fsp3) is 0.667. The van der Waals surface area contributed by atoms with Crippen molar-refractivity contribution in [1.29, 1.82) is 0 Å². The Balaban J connectivity index is 2.02. The van der Waals surface area contributed by atoms with Crippen molar-refractivity contribution in [2.75, 3.05) is 6.54 Å². The zero-order valence-electron chi connectivity index (χ0n) is 13.1. The van der Waals surface area contributed by atoms with E-state index in [0.29, 0.717) is 23.9 Å². The summed E-state index contributed by atoms with van der Waals surface area (Å²) in [5.74, 6) is -0.257. The molecule has 118 valence electrons. The lowest BCUT2D eigenvalue weighted by atomic mass is 9.72. The molecule has 1 aliphatic carbocycles. The molecule has 1 aromatic carbocycles. The quantitative estimate of drug-likeness (QED) is 0.829. The normalized spacial score (nSPS) is 19.4. The second-order valence-corrected chi connectivity index (χ2v) is 6.86. The molecule has 1 aromatic rings. The number of benzene rings is 1. The van der Waals surface area contributed by atoms with Crippen molar-refractivity contribution < 1.29 is 9.50 Å². The van der Waals surface area contributed by atoms with Crippen molar-refractivity contribution in [3.8, 4) is 0 Å². The summed E-state index contributed by atoms with van der Waals surface area (Å²) in [7, 11) is 0. The van der Waals surface area contributed by atoms with E-state index in [1.54, 1.807) is 6.07 Å². The highest BCUT2D eigenvalue weighted by Crippen LogP contribution is 2.39. The van der Waals surface area contributed by atoms with Crippen LogP contribution >= 0.6 is 0 Å². The van der Waals surface area contributed by atoms with Crippen LogP contribution in [0.3, 0.4) is 0 Å². The van der Waals surface area contributed by atoms with Crippen LogP contribution in [0.25, 0.3) is 0 Å². The minimum Gasteiger partial charge on any atom is -0.388 e. The summed E-state index contributed by atoms with van der Waals surface area (Å²) in [6.45, 7) is 2.76. The Morgan fingerprint density at radius 2 is 1.95 bits per heavy atom. The first-order chi connectivity index (χ1) is 10.0. The number of rotatable bonds is 6. The zero-order valence-corrected chi connectivity index (χ0v) is 13.1. The van der Waals surface area contributed by atoms with Gasteiger partial charge in [0.15, 0.2) is 0 Å². The second kappa shape index (κ2) is 7.37. The summed E-state index contributed by atoms with van der Waals surface area (Å²) < 4.78 is 13.7. The number of aliphatic hydroxyl groups is 1. The predicted octanol–water partition coefficient (Wildman–Crippen LogP) is 4.11. The van der Waals surface area contributed by atoms with Crippen molar-refractivity contribution in [1.82, 2.24) is 0 Å². The van der Waals surface area contributed by atoms with E-state index in [2.05, 4.69) is 6.92 Å². The molecule has 21 heavy (non-hydrogen) atoms. The fourth-order valence-electron chi connectivity index (χ4n) is 3.44. The lowest BCUT2D eigenvalue weighted by Gasteiger charge is -2.33. The molecule has 1 atom stereocenters. The van der Waals surface area contributed by atoms with Gasteiger partial charge < -0.3 is 10.8 Å². The van der Waals surface area contributed by atoms with Gasteiger partial charge in [-0.3, -0.25) is 0 Å². The third kappa shape index (κ3) is 4.79. The van der Waals surface area contributed by atoms with Crippen molar-refractivity contribution in [2.45, 2.75) is 64.4 Å². The number of aryl methyl sites for hydroxylation is 1. The van der Waals surface area contributed by atoms with E-state index in [4.69, 9.17) is 5.73 Å². The summed E-state index contributed by atoms with van der Waals surface area (Å²) in [6, 6.07) is 4.96. The molecule has 1 unspecified atom stereocenters. The SMILES string of the molecule is CC1(CCc2cc(F)cc(C(O)CCN)c2)CCCCC1. The average Bonchev–Trinajstić information content (AvgIpc) is 2.46. The molecular formula is C18H28FNO. The highest BCUT2D eigenvalue weighted by molar-refractivity contribution is 5.26. The van der Waals surface area contributed by atoms with Gasteiger partial charge >= 0.3 is 0 Å². The lowest BCUT2D eigenvalue weighted by molar-refractivity contribution is 0.169. The van der Waals surface area contributed by atoms with E-state index < -0.39 is 6.10 Å². The lowest BCUT2D eigenvalue weighted by Crippen LogP contribution is -2.20. The van der Waals surface area contributed by atoms with Crippen LogP contribution in [0.1, 0.15) is 69.1 Å². The molecule has 0 bridgehead atoms. The van der Waals surface area contributed by atoms with Gasteiger partial charge in [0.2, 0.25) is 0 Å². The molecule has 0 spiro atoms. The van der Waals surface area contributed by atoms with Gasteiger partial charge in [0, 0.05) is 0 Å². The first-order valence-corrected chi connectivity index (χ1v) is 8.20. The molecule has 2 nitrogen and oxygen atoms in total. The second-order valence-electron chi connectivity index (χ2n) is 6.86. The van der Waals surface area contributed by atoms with E-state index in [9.17, 15) is 9.50 Å². The highest BCUT2D eigenvalue weighted by Gasteiger charge is 2.26. The molecule has 0 radical (unpaired) electrons. The van der Waals surface area contributed by atoms with Crippen LogP contribution in [0.4, 0.5) is 4.39 Å². The van der Waals surface area contributed by atoms with E-state index in [0.717, 1.165) is 18.4 Å².